The van der Waals surface area contributed by atoms with Gasteiger partial charge >= 0.3 is 0 Å². The molecule has 1 aromatic heterocycles. The number of imidazole rings is 1. The maximum Gasteiger partial charge on any atom is 0.104 e. The summed E-state index contributed by atoms with van der Waals surface area (Å²) in [6, 6.07) is 6.35. The molecule has 0 bridgehead atoms. The lowest BCUT2D eigenvalue weighted by Crippen LogP contribution is -2.27. The molecule has 98 valence electrons. The molecule has 1 atom stereocenters. The minimum atomic E-state index is 0.572. The van der Waals surface area contributed by atoms with Gasteiger partial charge in [-0.05, 0) is 43.6 Å². The van der Waals surface area contributed by atoms with Crippen LogP contribution in [0.1, 0.15) is 24.7 Å². The van der Waals surface area contributed by atoms with Crippen LogP contribution in [0.4, 0.5) is 0 Å². The largest absolute Gasteiger partial charge is 0.342 e. The molecular formula is C14H22N4. The number of hydrogen-bond donors (Lipinski definition) is 3. The SMILES string of the molecule is CCC(CN)CNCc1ccc2nc(C)[nH]c2c1. The second-order valence-electron chi connectivity index (χ2n) is 4.81. The summed E-state index contributed by atoms with van der Waals surface area (Å²) in [4.78, 5) is 7.66. The first-order chi connectivity index (χ1) is 8.72. The summed E-state index contributed by atoms with van der Waals surface area (Å²) in [5.74, 6) is 1.53. The molecule has 0 amide bonds. The van der Waals surface area contributed by atoms with Crippen molar-refractivity contribution in [2.24, 2.45) is 11.7 Å². The minimum absolute atomic E-state index is 0.572. The molecule has 0 aliphatic carbocycles. The molecular weight excluding hydrogens is 224 g/mol. The van der Waals surface area contributed by atoms with Crippen LogP contribution in [0.5, 0.6) is 0 Å². The maximum atomic E-state index is 5.69. The monoisotopic (exact) mass is 246 g/mol. The van der Waals surface area contributed by atoms with Crippen LogP contribution in [0, 0.1) is 12.8 Å². The summed E-state index contributed by atoms with van der Waals surface area (Å²) in [7, 11) is 0. The van der Waals surface area contributed by atoms with Crippen LogP contribution in [-0.2, 0) is 6.54 Å². The Morgan fingerprint density at radius 1 is 1.44 bits per heavy atom. The van der Waals surface area contributed by atoms with Gasteiger partial charge in [0.25, 0.3) is 0 Å². The highest BCUT2D eigenvalue weighted by Crippen LogP contribution is 2.13. The number of hydrogen-bond acceptors (Lipinski definition) is 3. The van der Waals surface area contributed by atoms with E-state index < -0.39 is 0 Å². The van der Waals surface area contributed by atoms with Crippen molar-refractivity contribution in [2.75, 3.05) is 13.1 Å². The molecule has 1 aromatic carbocycles. The van der Waals surface area contributed by atoms with E-state index in [0.717, 1.165) is 42.9 Å². The number of fused-ring (bicyclic) bond motifs is 1. The third kappa shape index (κ3) is 3.09. The van der Waals surface area contributed by atoms with E-state index in [2.05, 4.69) is 40.4 Å². The second-order valence-corrected chi connectivity index (χ2v) is 4.81. The van der Waals surface area contributed by atoms with Gasteiger partial charge in [0, 0.05) is 6.54 Å². The van der Waals surface area contributed by atoms with Crippen LogP contribution in [0.15, 0.2) is 18.2 Å². The van der Waals surface area contributed by atoms with Crippen LogP contribution in [0.3, 0.4) is 0 Å². The normalized spacial score (nSPS) is 13.1. The summed E-state index contributed by atoms with van der Waals surface area (Å²) in [5, 5.41) is 3.46. The minimum Gasteiger partial charge on any atom is -0.342 e. The average molecular weight is 246 g/mol. The Morgan fingerprint density at radius 2 is 2.28 bits per heavy atom. The van der Waals surface area contributed by atoms with E-state index in [0.29, 0.717) is 5.92 Å². The van der Waals surface area contributed by atoms with Crippen molar-refractivity contribution in [3.8, 4) is 0 Å². The van der Waals surface area contributed by atoms with Gasteiger partial charge in [0.05, 0.1) is 11.0 Å². The van der Waals surface area contributed by atoms with E-state index in [4.69, 9.17) is 5.73 Å². The lowest BCUT2D eigenvalue weighted by Gasteiger charge is -2.13. The van der Waals surface area contributed by atoms with Crippen LogP contribution >= 0.6 is 0 Å². The van der Waals surface area contributed by atoms with Crippen molar-refractivity contribution < 1.29 is 0 Å². The molecule has 0 aliphatic heterocycles. The van der Waals surface area contributed by atoms with Crippen molar-refractivity contribution in [3.63, 3.8) is 0 Å². The van der Waals surface area contributed by atoms with Gasteiger partial charge < -0.3 is 16.0 Å². The van der Waals surface area contributed by atoms with Gasteiger partial charge in [-0.15, -0.1) is 0 Å². The first-order valence-electron chi connectivity index (χ1n) is 6.59. The van der Waals surface area contributed by atoms with Gasteiger partial charge in [-0.25, -0.2) is 4.98 Å². The molecule has 0 saturated carbocycles. The number of rotatable bonds is 6. The number of nitrogens with zero attached hydrogens (tertiary/aromatic N) is 1. The molecule has 4 N–H and O–H groups in total. The standard InChI is InChI=1S/C14H22N4/c1-3-11(7-15)8-16-9-12-4-5-13-14(6-12)18-10(2)17-13/h4-6,11,16H,3,7-9,15H2,1-2H3,(H,17,18). The zero-order valence-corrected chi connectivity index (χ0v) is 11.2. The number of aromatic amines is 1. The number of aromatic nitrogens is 2. The van der Waals surface area contributed by atoms with Gasteiger partial charge in [0.1, 0.15) is 5.82 Å². The summed E-state index contributed by atoms with van der Waals surface area (Å²) in [6.07, 6.45) is 1.13. The Kier molecular flexibility index (Phi) is 4.33. The van der Waals surface area contributed by atoms with E-state index in [-0.39, 0.29) is 0 Å². The first-order valence-corrected chi connectivity index (χ1v) is 6.59. The van der Waals surface area contributed by atoms with E-state index in [1.165, 1.54) is 5.56 Å². The van der Waals surface area contributed by atoms with Gasteiger partial charge in [-0.1, -0.05) is 19.4 Å². The van der Waals surface area contributed by atoms with Crippen molar-refractivity contribution in [1.82, 2.24) is 15.3 Å². The number of nitrogens with two attached hydrogens (primary N) is 1. The lowest BCUT2D eigenvalue weighted by molar-refractivity contribution is 0.471. The van der Waals surface area contributed by atoms with Crippen LogP contribution in [0.25, 0.3) is 11.0 Å². The number of H-pyrrole nitrogens is 1. The molecule has 1 heterocycles. The predicted octanol–water partition coefficient (Wildman–Crippen LogP) is 1.95. The van der Waals surface area contributed by atoms with Gasteiger partial charge in [0.15, 0.2) is 0 Å². The van der Waals surface area contributed by atoms with Gasteiger partial charge in [0.2, 0.25) is 0 Å². The fourth-order valence-corrected chi connectivity index (χ4v) is 2.11. The molecule has 18 heavy (non-hydrogen) atoms. The Morgan fingerprint density at radius 3 is 3.00 bits per heavy atom. The topological polar surface area (TPSA) is 66.7 Å². The molecule has 0 saturated heterocycles. The number of nitrogens with one attached hydrogen (secondary N) is 2. The Balaban J connectivity index is 1.95. The average Bonchev–Trinajstić information content (AvgIpc) is 2.74. The van der Waals surface area contributed by atoms with Crippen molar-refractivity contribution in [3.05, 3.63) is 29.6 Å². The summed E-state index contributed by atoms with van der Waals surface area (Å²) in [6.45, 7) is 6.77. The molecule has 0 spiro atoms. The highest BCUT2D eigenvalue weighted by Gasteiger charge is 2.04. The molecule has 0 aliphatic rings. The first kappa shape index (κ1) is 13.1. The Hall–Kier alpha value is -1.39. The van der Waals surface area contributed by atoms with E-state index in [9.17, 15) is 0 Å². The van der Waals surface area contributed by atoms with E-state index in [1.54, 1.807) is 0 Å². The Labute approximate surface area is 108 Å². The predicted molar refractivity (Wildman–Crippen MR) is 75.4 cm³/mol. The van der Waals surface area contributed by atoms with Crippen LogP contribution < -0.4 is 11.1 Å². The van der Waals surface area contributed by atoms with E-state index in [1.807, 2.05) is 6.92 Å². The fourth-order valence-electron chi connectivity index (χ4n) is 2.11. The molecule has 2 rings (SSSR count). The summed E-state index contributed by atoms with van der Waals surface area (Å²) < 4.78 is 0. The summed E-state index contributed by atoms with van der Waals surface area (Å²) >= 11 is 0. The zero-order chi connectivity index (χ0) is 13.0. The lowest BCUT2D eigenvalue weighted by atomic mass is 10.1. The highest BCUT2D eigenvalue weighted by atomic mass is 14.9. The molecule has 4 heteroatoms. The number of benzene rings is 1. The summed E-state index contributed by atoms with van der Waals surface area (Å²) in [5.41, 5.74) is 9.10. The smallest absolute Gasteiger partial charge is 0.104 e. The number of aryl methyl sites for hydroxylation is 1. The molecule has 4 nitrogen and oxygen atoms in total. The van der Waals surface area contributed by atoms with E-state index >= 15 is 0 Å². The third-order valence-corrected chi connectivity index (χ3v) is 3.34. The van der Waals surface area contributed by atoms with Crippen molar-refractivity contribution in [1.29, 1.82) is 0 Å². The molecule has 0 radical (unpaired) electrons. The molecule has 1 unspecified atom stereocenters. The fraction of sp³-hybridized carbons (Fsp3) is 0.500. The second kappa shape index (κ2) is 5.98. The Bertz CT molecular complexity index is 499. The van der Waals surface area contributed by atoms with Gasteiger partial charge in [-0.3, -0.25) is 0 Å². The molecule has 0 fully saturated rings. The highest BCUT2D eigenvalue weighted by molar-refractivity contribution is 5.75. The van der Waals surface area contributed by atoms with Gasteiger partial charge in [-0.2, -0.15) is 0 Å². The van der Waals surface area contributed by atoms with Crippen molar-refractivity contribution in [2.45, 2.75) is 26.8 Å². The van der Waals surface area contributed by atoms with Crippen LogP contribution in [-0.4, -0.2) is 23.1 Å². The van der Waals surface area contributed by atoms with Crippen molar-refractivity contribution >= 4 is 11.0 Å². The van der Waals surface area contributed by atoms with Crippen LogP contribution in [0.2, 0.25) is 0 Å². The third-order valence-electron chi connectivity index (χ3n) is 3.34. The quantitative estimate of drug-likeness (QED) is 0.730. The molecule has 2 aromatic rings. The maximum absolute atomic E-state index is 5.69. The zero-order valence-electron chi connectivity index (χ0n) is 11.2.